The summed E-state index contributed by atoms with van der Waals surface area (Å²) >= 11 is 0. The average Bonchev–Trinajstić information content (AvgIpc) is 2.62. The maximum atomic E-state index is 12.3. The Morgan fingerprint density at radius 3 is 2.21 bits per heavy atom. The lowest BCUT2D eigenvalue weighted by molar-refractivity contribution is -0.200. The summed E-state index contributed by atoms with van der Waals surface area (Å²) in [6.07, 6.45) is -5.86. The average molecular weight is 405 g/mol. The first-order valence-corrected chi connectivity index (χ1v) is 7.79. The normalized spacial score (nSPS) is 13.1. The molecular formula is C16H18F3N3O6. The number of nitrogens with one attached hydrogen (secondary N) is 1. The molecule has 0 radical (unpaired) electrons. The molecule has 0 unspecified atom stereocenters. The van der Waals surface area contributed by atoms with Gasteiger partial charge in [-0.2, -0.15) is 13.2 Å². The molecule has 0 saturated carbocycles. The molecule has 0 fully saturated rings. The van der Waals surface area contributed by atoms with Gasteiger partial charge in [-0.25, -0.2) is 9.59 Å². The van der Waals surface area contributed by atoms with Crippen LogP contribution in [0.2, 0.25) is 0 Å². The quantitative estimate of drug-likeness (QED) is 0.470. The molecule has 154 valence electrons. The highest BCUT2D eigenvalue weighted by Crippen LogP contribution is 2.16. The number of amides is 2. The summed E-state index contributed by atoms with van der Waals surface area (Å²) in [4.78, 5) is 45.6. The Hall–Kier alpha value is -3.15. The van der Waals surface area contributed by atoms with Crippen molar-refractivity contribution in [2.24, 2.45) is 11.5 Å². The maximum Gasteiger partial charge on any atom is 0.490 e. The zero-order valence-corrected chi connectivity index (χ0v) is 14.4. The minimum absolute atomic E-state index is 0.243. The van der Waals surface area contributed by atoms with E-state index in [9.17, 15) is 32.3 Å². The van der Waals surface area contributed by atoms with Gasteiger partial charge < -0.3 is 26.3 Å². The second-order valence-corrected chi connectivity index (χ2v) is 5.53. The molecule has 1 aromatic rings. The molecule has 2 amide bonds. The van der Waals surface area contributed by atoms with E-state index in [-0.39, 0.29) is 6.61 Å². The highest BCUT2D eigenvalue weighted by Gasteiger charge is 2.42. The standard InChI is InChI=1S/C16H18F3N3O6/c17-16(18,19)15(26)28-8-11(22-13(24)10(20)6-12(21)23)14(25)27-7-9-4-2-1-3-5-9/h1-5,10-11H,6-8,20H2,(H2,21,23)(H,22,24)/t10-,11-/m0/s1. The SMILES string of the molecule is NC(=O)C[C@H](N)C(=O)N[C@@H](COC(=O)C(F)(F)F)C(=O)OCc1ccccc1. The van der Waals surface area contributed by atoms with E-state index in [0.29, 0.717) is 5.56 Å². The highest BCUT2D eigenvalue weighted by atomic mass is 19.4. The number of hydrogen-bond acceptors (Lipinski definition) is 7. The summed E-state index contributed by atoms with van der Waals surface area (Å²) in [6, 6.07) is 5.04. The molecule has 0 aliphatic heterocycles. The van der Waals surface area contributed by atoms with Crippen LogP contribution in [0.15, 0.2) is 30.3 Å². The third kappa shape index (κ3) is 8.03. The van der Waals surface area contributed by atoms with E-state index in [1.165, 1.54) is 0 Å². The van der Waals surface area contributed by atoms with Gasteiger partial charge in [0.2, 0.25) is 11.8 Å². The molecule has 0 spiro atoms. The molecule has 2 atom stereocenters. The third-order valence-electron chi connectivity index (χ3n) is 3.20. The van der Waals surface area contributed by atoms with Crippen LogP contribution in [0.4, 0.5) is 13.2 Å². The van der Waals surface area contributed by atoms with Gasteiger partial charge in [0.15, 0.2) is 6.04 Å². The van der Waals surface area contributed by atoms with E-state index in [1.807, 2.05) is 5.32 Å². The summed E-state index contributed by atoms with van der Waals surface area (Å²) in [5, 5.41) is 1.97. The Morgan fingerprint density at radius 2 is 1.68 bits per heavy atom. The van der Waals surface area contributed by atoms with Crippen molar-refractivity contribution in [1.29, 1.82) is 0 Å². The molecule has 1 aromatic carbocycles. The predicted molar refractivity (Wildman–Crippen MR) is 87.0 cm³/mol. The number of esters is 2. The fourth-order valence-corrected chi connectivity index (χ4v) is 1.83. The lowest BCUT2D eigenvalue weighted by Crippen LogP contribution is -2.52. The van der Waals surface area contributed by atoms with E-state index >= 15 is 0 Å². The Kier molecular flexibility index (Phi) is 8.38. The van der Waals surface area contributed by atoms with Crippen molar-refractivity contribution in [1.82, 2.24) is 5.32 Å². The predicted octanol–water partition coefficient (Wildman–Crippen LogP) is -0.477. The number of halogens is 3. The minimum atomic E-state index is -5.29. The van der Waals surface area contributed by atoms with E-state index < -0.39 is 55.0 Å². The first-order chi connectivity index (χ1) is 13.0. The lowest BCUT2D eigenvalue weighted by atomic mass is 10.2. The van der Waals surface area contributed by atoms with Crippen LogP contribution in [0.1, 0.15) is 12.0 Å². The Balaban J connectivity index is 2.77. The molecule has 0 saturated heterocycles. The second-order valence-electron chi connectivity index (χ2n) is 5.53. The molecule has 0 bridgehead atoms. The van der Waals surface area contributed by atoms with Crippen LogP contribution in [0, 0.1) is 0 Å². The molecular weight excluding hydrogens is 387 g/mol. The van der Waals surface area contributed by atoms with Gasteiger partial charge >= 0.3 is 18.1 Å². The number of primary amides is 1. The second kappa shape index (κ2) is 10.3. The van der Waals surface area contributed by atoms with Crippen molar-refractivity contribution in [3.8, 4) is 0 Å². The van der Waals surface area contributed by atoms with E-state index in [2.05, 4.69) is 4.74 Å². The Bertz CT molecular complexity index is 711. The molecule has 5 N–H and O–H groups in total. The first-order valence-electron chi connectivity index (χ1n) is 7.79. The number of rotatable bonds is 9. The first kappa shape index (κ1) is 22.9. The van der Waals surface area contributed by atoms with Crippen molar-refractivity contribution in [3.05, 3.63) is 35.9 Å². The summed E-state index contributed by atoms with van der Waals surface area (Å²) in [5.41, 5.74) is 10.9. The fraction of sp³-hybridized carbons (Fsp3) is 0.375. The zero-order valence-electron chi connectivity index (χ0n) is 14.4. The van der Waals surface area contributed by atoms with Crippen LogP contribution >= 0.6 is 0 Å². The van der Waals surface area contributed by atoms with Gasteiger partial charge in [0, 0.05) is 0 Å². The maximum absolute atomic E-state index is 12.3. The fourth-order valence-electron chi connectivity index (χ4n) is 1.83. The van der Waals surface area contributed by atoms with Crippen LogP contribution < -0.4 is 16.8 Å². The van der Waals surface area contributed by atoms with Crippen LogP contribution in [0.25, 0.3) is 0 Å². The van der Waals surface area contributed by atoms with Gasteiger partial charge in [-0.3, -0.25) is 9.59 Å². The largest absolute Gasteiger partial charge is 0.490 e. The Labute approximate surface area is 157 Å². The van der Waals surface area contributed by atoms with Crippen LogP contribution in [-0.4, -0.2) is 48.6 Å². The van der Waals surface area contributed by atoms with Gasteiger partial charge in [-0.05, 0) is 5.56 Å². The summed E-state index contributed by atoms with van der Waals surface area (Å²) in [5.74, 6) is -5.69. The van der Waals surface area contributed by atoms with E-state index in [0.717, 1.165) is 0 Å². The molecule has 0 aliphatic rings. The van der Waals surface area contributed by atoms with Crippen LogP contribution in [0.5, 0.6) is 0 Å². The smallest absolute Gasteiger partial charge is 0.459 e. The highest BCUT2D eigenvalue weighted by molar-refractivity contribution is 5.90. The number of carbonyl (C=O) groups excluding carboxylic acids is 4. The number of benzene rings is 1. The molecule has 9 nitrogen and oxygen atoms in total. The molecule has 1 rings (SSSR count). The van der Waals surface area contributed by atoms with Gasteiger partial charge in [-0.15, -0.1) is 0 Å². The van der Waals surface area contributed by atoms with Crippen molar-refractivity contribution in [2.75, 3.05) is 6.61 Å². The number of carbonyl (C=O) groups is 4. The van der Waals surface area contributed by atoms with Crippen molar-refractivity contribution >= 4 is 23.8 Å². The van der Waals surface area contributed by atoms with E-state index in [4.69, 9.17) is 16.2 Å². The van der Waals surface area contributed by atoms with Gasteiger partial charge in [0.25, 0.3) is 0 Å². The van der Waals surface area contributed by atoms with Gasteiger partial charge in [0.05, 0.1) is 12.5 Å². The van der Waals surface area contributed by atoms with Crippen LogP contribution in [-0.2, 0) is 35.3 Å². The lowest BCUT2D eigenvalue weighted by Gasteiger charge is -2.20. The molecule has 0 aromatic heterocycles. The summed E-state index contributed by atoms with van der Waals surface area (Å²) < 4.78 is 45.7. The Morgan fingerprint density at radius 1 is 1.07 bits per heavy atom. The van der Waals surface area contributed by atoms with Gasteiger partial charge in [0.1, 0.15) is 13.2 Å². The number of ether oxygens (including phenoxy) is 2. The van der Waals surface area contributed by atoms with E-state index in [1.54, 1.807) is 30.3 Å². The zero-order chi connectivity index (χ0) is 21.3. The molecule has 12 heteroatoms. The number of nitrogens with two attached hydrogens (primary N) is 2. The third-order valence-corrected chi connectivity index (χ3v) is 3.20. The number of alkyl halides is 3. The molecule has 0 aliphatic carbocycles. The minimum Gasteiger partial charge on any atom is -0.459 e. The molecule has 0 heterocycles. The summed E-state index contributed by atoms with van der Waals surface area (Å²) in [6.45, 7) is -1.40. The number of hydrogen-bond donors (Lipinski definition) is 3. The topological polar surface area (TPSA) is 151 Å². The van der Waals surface area contributed by atoms with Crippen molar-refractivity contribution < 1.29 is 41.8 Å². The van der Waals surface area contributed by atoms with Gasteiger partial charge in [-0.1, -0.05) is 30.3 Å². The molecule has 28 heavy (non-hydrogen) atoms. The van der Waals surface area contributed by atoms with Crippen LogP contribution in [0.3, 0.4) is 0 Å². The van der Waals surface area contributed by atoms with Crippen molar-refractivity contribution in [3.63, 3.8) is 0 Å². The monoisotopic (exact) mass is 405 g/mol. The van der Waals surface area contributed by atoms with Crippen molar-refractivity contribution in [2.45, 2.75) is 31.3 Å². The summed E-state index contributed by atoms with van der Waals surface area (Å²) in [7, 11) is 0.